The van der Waals surface area contributed by atoms with Crippen molar-refractivity contribution in [2.24, 2.45) is 0 Å². The van der Waals surface area contributed by atoms with Crippen molar-refractivity contribution in [3.8, 4) is 0 Å². The zero-order valence-corrected chi connectivity index (χ0v) is 23.8. The Bertz CT molecular complexity index is 955. The predicted octanol–water partition coefficient (Wildman–Crippen LogP) is -1.05. The third kappa shape index (κ3) is 12.9. The molecule has 0 heterocycles. The minimum absolute atomic E-state index is 0.117. The first-order chi connectivity index (χ1) is 19.1. The van der Waals surface area contributed by atoms with Gasteiger partial charge in [-0.05, 0) is 24.1 Å². The Hall–Kier alpha value is -3.75. The lowest BCUT2D eigenvalue weighted by molar-refractivity contribution is -0.151. The second-order valence-corrected chi connectivity index (χ2v) is 8.75. The fourth-order valence-corrected chi connectivity index (χ4v) is 3.73. The van der Waals surface area contributed by atoms with E-state index in [9.17, 15) is 24.0 Å². The maximum Gasteiger partial charge on any atom is 0.323 e. The number of benzene rings is 1. The van der Waals surface area contributed by atoms with Gasteiger partial charge in [0.05, 0.1) is 61.7 Å². The number of anilines is 1. The van der Waals surface area contributed by atoms with E-state index in [1.807, 2.05) is 0 Å². The first kappa shape index (κ1) is 34.3. The number of ether oxygens (including phenoxy) is 5. The van der Waals surface area contributed by atoms with Crippen molar-refractivity contribution in [1.82, 2.24) is 14.7 Å². The Balaban J connectivity index is 3.14. The molecule has 1 atom stereocenters. The van der Waals surface area contributed by atoms with Gasteiger partial charge in [-0.1, -0.05) is 12.1 Å². The molecule has 0 radical (unpaired) electrons. The SMILES string of the molecule is COC(=O)CN(CCN(CC(=O)OC)CC(=O)OC)CCN(CC(=O)OC)C(Cc1ccc(N)cc1)C(=O)OC. The number of esters is 5. The van der Waals surface area contributed by atoms with Crippen molar-refractivity contribution in [2.45, 2.75) is 12.5 Å². The monoisotopic (exact) mass is 568 g/mol. The third-order valence-corrected chi connectivity index (χ3v) is 6.06. The Morgan fingerprint density at radius 3 is 1.52 bits per heavy atom. The molecule has 14 nitrogen and oxygen atoms in total. The van der Waals surface area contributed by atoms with Gasteiger partial charge < -0.3 is 29.4 Å². The summed E-state index contributed by atoms with van der Waals surface area (Å²) in [4.78, 5) is 65.8. The van der Waals surface area contributed by atoms with Crippen molar-refractivity contribution in [2.75, 3.05) is 93.6 Å². The molecule has 1 unspecified atom stereocenters. The van der Waals surface area contributed by atoms with E-state index < -0.39 is 35.9 Å². The number of carbonyl (C=O) groups excluding carboxylic acids is 5. The van der Waals surface area contributed by atoms with E-state index in [1.54, 1.807) is 34.1 Å². The predicted molar refractivity (Wildman–Crippen MR) is 143 cm³/mol. The van der Waals surface area contributed by atoms with Gasteiger partial charge in [-0.25, -0.2) is 0 Å². The van der Waals surface area contributed by atoms with Crippen molar-refractivity contribution < 1.29 is 47.7 Å². The molecular weight excluding hydrogens is 528 g/mol. The molecule has 0 aromatic heterocycles. The fourth-order valence-electron chi connectivity index (χ4n) is 3.73. The van der Waals surface area contributed by atoms with Gasteiger partial charge in [-0.2, -0.15) is 0 Å². The summed E-state index contributed by atoms with van der Waals surface area (Å²) in [7, 11) is 6.23. The van der Waals surface area contributed by atoms with Crippen LogP contribution in [0.1, 0.15) is 5.56 Å². The summed E-state index contributed by atoms with van der Waals surface area (Å²) in [6.07, 6.45) is 0.229. The molecular formula is C26H40N4O10. The van der Waals surface area contributed by atoms with E-state index in [1.165, 1.54) is 40.4 Å². The summed E-state index contributed by atoms with van der Waals surface area (Å²) in [5, 5.41) is 0. The van der Waals surface area contributed by atoms with Gasteiger partial charge in [-0.3, -0.25) is 38.7 Å². The molecule has 0 amide bonds. The van der Waals surface area contributed by atoms with Crippen LogP contribution in [0, 0.1) is 0 Å². The highest BCUT2D eigenvalue weighted by Gasteiger charge is 2.30. The number of hydrogen-bond donors (Lipinski definition) is 1. The average Bonchev–Trinajstić information content (AvgIpc) is 2.96. The summed E-state index contributed by atoms with van der Waals surface area (Å²) in [5.41, 5.74) is 7.14. The molecule has 2 N–H and O–H groups in total. The fraction of sp³-hybridized carbons (Fsp3) is 0.577. The number of nitrogens with zero attached hydrogens (tertiary/aromatic N) is 3. The number of nitrogens with two attached hydrogens (primary N) is 1. The molecule has 0 fully saturated rings. The summed E-state index contributed by atoms with van der Waals surface area (Å²) in [5.74, 6) is -2.72. The topological polar surface area (TPSA) is 167 Å². The normalized spacial score (nSPS) is 11.7. The summed E-state index contributed by atoms with van der Waals surface area (Å²) >= 11 is 0. The van der Waals surface area contributed by atoms with Crippen LogP contribution in [0.4, 0.5) is 5.69 Å². The van der Waals surface area contributed by atoms with E-state index in [-0.39, 0.29) is 58.8 Å². The van der Waals surface area contributed by atoms with Gasteiger partial charge in [0.15, 0.2) is 0 Å². The highest BCUT2D eigenvalue weighted by Crippen LogP contribution is 2.14. The second kappa shape index (κ2) is 18.5. The van der Waals surface area contributed by atoms with Gasteiger partial charge in [0.1, 0.15) is 6.04 Å². The molecule has 1 aromatic carbocycles. The number of carbonyl (C=O) groups is 5. The third-order valence-electron chi connectivity index (χ3n) is 6.06. The smallest absolute Gasteiger partial charge is 0.323 e. The van der Waals surface area contributed by atoms with E-state index in [0.29, 0.717) is 5.69 Å². The lowest BCUT2D eigenvalue weighted by atomic mass is 10.0. The number of rotatable bonds is 18. The summed E-state index contributed by atoms with van der Waals surface area (Å²) in [6, 6.07) is 6.13. The van der Waals surface area contributed by atoms with E-state index in [4.69, 9.17) is 29.4 Å². The van der Waals surface area contributed by atoms with Crippen LogP contribution in [0.15, 0.2) is 24.3 Å². The number of nitrogen functional groups attached to an aromatic ring is 1. The van der Waals surface area contributed by atoms with Gasteiger partial charge in [0.25, 0.3) is 0 Å². The van der Waals surface area contributed by atoms with Crippen molar-refractivity contribution in [3.05, 3.63) is 29.8 Å². The molecule has 224 valence electrons. The van der Waals surface area contributed by atoms with Gasteiger partial charge >= 0.3 is 29.8 Å². The molecule has 1 rings (SSSR count). The van der Waals surface area contributed by atoms with E-state index >= 15 is 0 Å². The van der Waals surface area contributed by atoms with Crippen molar-refractivity contribution >= 4 is 35.5 Å². The molecule has 0 bridgehead atoms. The zero-order valence-electron chi connectivity index (χ0n) is 23.8. The maximum atomic E-state index is 12.8. The Labute approximate surface area is 234 Å². The first-order valence-electron chi connectivity index (χ1n) is 12.4. The van der Waals surface area contributed by atoms with E-state index in [2.05, 4.69) is 0 Å². The standard InChI is InChI=1S/C26H40N4O10/c1-36-22(31)15-28(10-11-29(16-23(32)37-2)17-24(33)38-3)12-13-30(18-25(34)39-4)21(26(35)40-5)14-19-6-8-20(27)9-7-19/h6-9,21H,10-18,27H2,1-5H3. The van der Waals surface area contributed by atoms with Crippen LogP contribution in [0.25, 0.3) is 0 Å². The van der Waals surface area contributed by atoms with Gasteiger partial charge in [0.2, 0.25) is 0 Å². The number of hydrogen-bond acceptors (Lipinski definition) is 14. The molecule has 40 heavy (non-hydrogen) atoms. The van der Waals surface area contributed by atoms with Crippen LogP contribution in [0.2, 0.25) is 0 Å². The van der Waals surface area contributed by atoms with Crippen LogP contribution in [-0.4, -0.2) is 138 Å². The molecule has 1 aromatic rings. The highest BCUT2D eigenvalue weighted by atomic mass is 16.5. The lowest BCUT2D eigenvalue weighted by Gasteiger charge is -2.32. The first-order valence-corrected chi connectivity index (χ1v) is 12.4. The Kier molecular flexibility index (Phi) is 15.9. The van der Waals surface area contributed by atoms with Crippen LogP contribution in [-0.2, 0) is 54.1 Å². The van der Waals surface area contributed by atoms with Crippen molar-refractivity contribution in [3.63, 3.8) is 0 Å². The Morgan fingerprint density at radius 1 is 0.625 bits per heavy atom. The molecule has 0 aliphatic rings. The van der Waals surface area contributed by atoms with Crippen molar-refractivity contribution in [1.29, 1.82) is 0 Å². The van der Waals surface area contributed by atoms with Crippen LogP contribution >= 0.6 is 0 Å². The second-order valence-electron chi connectivity index (χ2n) is 8.75. The van der Waals surface area contributed by atoms with E-state index in [0.717, 1.165) is 5.56 Å². The molecule has 14 heteroatoms. The maximum absolute atomic E-state index is 12.8. The van der Waals surface area contributed by atoms with Crippen LogP contribution < -0.4 is 5.73 Å². The van der Waals surface area contributed by atoms with Crippen LogP contribution in [0.5, 0.6) is 0 Å². The largest absolute Gasteiger partial charge is 0.468 e. The number of methoxy groups -OCH3 is 5. The molecule has 0 aliphatic carbocycles. The Morgan fingerprint density at radius 2 is 1.05 bits per heavy atom. The zero-order chi connectivity index (χ0) is 30.1. The minimum Gasteiger partial charge on any atom is -0.468 e. The molecule has 0 spiro atoms. The molecule has 0 saturated heterocycles. The molecule has 0 aliphatic heterocycles. The van der Waals surface area contributed by atoms with Gasteiger partial charge in [-0.15, -0.1) is 0 Å². The lowest BCUT2D eigenvalue weighted by Crippen LogP contribution is -2.50. The van der Waals surface area contributed by atoms with Crippen LogP contribution in [0.3, 0.4) is 0 Å². The average molecular weight is 569 g/mol. The highest BCUT2D eigenvalue weighted by molar-refractivity contribution is 5.78. The summed E-state index contributed by atoms with van der Waals surface area (Å²) < 4.78 is 24.1. The minimum atomic E-state index is -0.845. The summed E-state index contributed by atoms with van der Waals surface area (Å²) in [6.45, 7) is 0.138. The van der Waals surface area contributed by atoms with Gasteiger partial charge in [0, 0.05) is 31.9 Å². The quantitative estimate of drug-likeness (QED) is 0.129. The molecule has 0 saturated carbocycles.